The van der Waals surface area contributed by atoms with E-state index in [9.17, 15) is 9.18 Å². The first-order chi connectivity index (χ1) is 16.4. The highest BCUT2D eigenvalue weighted by atomic mass is 19.1. The Hall–Kier alpha value is -2.85. The highest BCUT2D eigenvalue weighted by Gasteiger charge is 2.39. The molecule has 3 aromatic rings. The Balaban J connectivity index is 1.27. The number of carbonyl (C=O) groups is 1. The van der Waals surface area contributed by atoms with Crippen LogP contribution in [0.25, 0.3) is 16.9 Å². The van der Waals surface area contributed by atoms with Gasteiger partial charge in [0, 0.05) is 29.9 Å². The molecule has 4 heterocycles. The fourth-order valence-electron chi connectivity index (χ4n) is 5.39. The summed E-state index contributed by atoms with van der Waals surface area (Å²) >= 11 is 0. The summed E-state index contributed by atoms with van der Waals surface area (Å²) in [4.78, 5) is 20.6. The highest BCUT2D eigenvalue weighted by Crippen LogP contribution is 2.35. The van der Waals surface area contributed by atoms with E-state index in [1.54, 1.807) is 11.0 Å². The number of amides is 1. The predicted octanol–water partition coefficient (Wildman–Crippen LogP) is 2.66. The maximum atomic E-state index is 14.6. The Kier molecular flexibility index (Phi) is 6.11. The number of hydrogen-bond acceptors (Lipinski definition) is 7. The van der Waals surface area contributed by atoms with Crippen molar-refractivity contribution in [1.29, 1.82) is 0 Å². The second-order valence-electron chi connectivity index (χ2n) is 9.58. The second-order valence-corrected chi connectivity index (χ2v) is 9.58. The van der Waals surface area contributed by atoms with E-state index < -0.39 is 6.61 Å². The first kappa shape index (κ1) is 22.9. The van der Waals surface area contributed by atoms with Crippen molar-refractivity contribution in [3.05, 3.63) is 35.6 Å². The van der Waals surface area contributed by atoms with Crippen molar-refractivity contribution < 1.29 is 18.8 Å². The van der Waals surface area contributed by atoms with Crippen molar-refractivity contribution in [3.63, 3.8) is 0 Å². The van der Waals surface area contributed by atoms with Crippen LogP contribution in [0.5, 0.6) is 0 Å². The monoisotopic (exact) mass is 470 g/mol. The third kappa shape index (κ3) is 3.98. The number of fused-ring (bicyclic) bond motifs is 1. The van der Waals surface area contributed by atoms with Gasteiger partial charge in [-0.3, -0.25) is 9.69 Å². The normalized spacial score (nSPS) is 19.7. The van der Waals surface area contributed by atoms with Crippen molar-refractivity contribution in [2.24, 2.45) is 0 Å². The third-order valence-corrected chi connectivity index (χ3v) is 7.62. The molecule has 2 aliphatic rings. The van der Waals surface area contributed by atoms with Gasteiger partial charge in [-0.25, -0.2) is 4.39 Å². The number of para-hydroxylation sites is 1. The van der Waals surface area contributed by atoms with Crippen LogP contribution in [0.15, 0.2) is 22.7 Å². The zero-order valence-electron chi connectivity index (χ0n) is 19.7. The summed E-state index contributed by atoms with van der Waals surface area (Å²) in [6.45, 7) is 7.00. The van der Waals surface area contributed by atoms with Gasteiger partial charge in [0.1, 0.15) is 17.9 Å². The van der Waals surface area contributed by atoms with E-state index in [-0.39, 0.29) is 29.1 Å². The number of aromatic nitrogens is 4. The molecule has 10 heteroatoms. The van der Waals surface area contributed by atoms with Crippen molar-refractivity contribution in [2.45, 2.75) is 57.4 Å². The number of carbonyl (C=O) groups excluding carboxylic acids is 1. The molecular weight excluding hydrogens is 439 g/mol. The lowest BCUT2D eigenvalue weighted by Crippen LogP contribution is -2.56. The number of aliphatic hydroxyl groups is 1. The Labute approximate surface area is 197 Å². The van der Waals surface area contributed by atoms with Gasteiger partial charge in [0.25, 0.3) is 5.95 Å². The van der Waals surface area contributed by atoms with E-state index in [0.717, 1.165) is 49.9 Å². The summed E-state index contributed by atoms with van der Waals surface area (Å²) in [6.07, 6.45) is 4.26. The van der Waals surface area contributed by atoms with Gasteiger partial charge in [0.15, 0.2) is 0 Å². The summed E-state index contributed by atoms with van der Waals surface area (Å²) in [5.74, 6) is 0.434. The lowest BCUT2D eigenvalue weighted by molar-refractivity contribution is -0.137. The fraction of sp³-hybridized carbons (Fsp3) is 0.583. The van der Waals surface area contributed by atoms with Gasteiger partial charge < -0.3 is 14.5 Å². The van der Waals surface area contributed by atoms with Crippen LogP contribution >= 0.6 is 0 Å². The van der Waals surface area contributed by atoms with Gasteiger partial charge >= 0.3 is 0 Å². The molecule has 2 saturated heterocycles. The van der Waals surface area contributed by atoms with Crippen LogP contribution in [0.2, 0.25) is 0 Å². The molecule has 34 heavy (non-hydrogen) atoms. The quantitative estimate of drug-likeness (QED) is 0.612. The van der Waals surface area contributed by atoms with Gasteiger partial charge in [-0.2, -0.15) is 14.8 Å². The smallest absolute Gasteiger partial charge is 0.291 e. The molecule has 1 N–H and O–H groups in total. The molecular formula is C24H31FN6O3. The number of piperidine rings is 2. The number of benzene rings is 1. The first-order valence-corrected chi connectivity index (χ1v) is 12.1. The molecule has 9 nitrogen and oxygen atoms in total. The van der Waals surface area contributed by atoms with Crippen LogP contribution in [0.4, 0.5) is 4.39 Å². The Morgan fingerprint density at radius 2 is 1.97 bits per heavy atom. The summed E-state index contributed by atoms with van der Waals surface area (Å²) < 4.78 is 21.7. The molecule has 2 aliphatic heterocycles. The Morgan fingerprint density at radius 1 is 1.24 bits per heavy atom. The van der Waals surface area contributed by atoms with E-state index >= 15 is 0 Å². The van der Waals surface area contributed by atoms with Crippen LogP contribution < -0.4 is 0 Å². The van der Waals surface area contributed by atoms with Crippen molar-refractivity contribution in [3.8, 4) is 5.95 Å². The minimum Gasteiger partial charge on any atom is -0.387 e. The third-order valence-electron chi connectivity index (χ3n) is 7.62. The van der Waals surface area contributed by atoms with E-state index in [2.05, 4.69) is 27.1 Å². The van der Waals surface area contributed by atoms with Crippen LogP contribution in [0.3, 0.4) is 0 Å². The summed E-state index contributed by atoms with van der Waals surface area (Å²) in [6, 6.07) is 4.97. The molecule has 2 fully saturated rings. The topological polar surface area (TPSA) is 101 Å². The second kappa shape index (κ2) is 9.07. The molecule has 1 amide bonds. The zero-order valence-corrected chi connectivity index (χ0v) is 19.7. The summed E-state index contributed by atoms with van der Waals surface area (Å²) in [5, 5.41) is 18.6. The molecule has 1 aromatic carbocycles. The number of hydrogen-bond donors (Lipinski definition) is 1. The first-order valence-electron chi connectivity index (χ1n) is 12.1. The standard InChI is InChI=1S/C24H31FN6O3/c1-3-19-17-5-4-6-18(25)21(17)31(27-19)23-26-22(34-28-23)16-7-11-30(12-8-16)24(2)9-13-29(14-10-24)20(33)15-32/h4-6,16,32H,3,7-15H2,1-2H3. The van der Waals surface area contributed by atoms with Crippen LogP contribution in [-0.2, 0) is 11.2 Å². The lowest BCUT2D eigenvalue weighted by atomic mass is 9.84. The minimum atomic E-state index is -0.422. The number of aliphatic hydroxyl groups excluding tert-OH is 1. The molecule has 182 valence electrons. The van der Waals surface area contributed by atoms with E-state index in [0.29, 0.717) is 30.9 Å². The Morgan fingerprint density at radius 3 is 2.65 bits per heavy atom. The molecule has 0 spiro atoms. The number of aryl methyl sites for hydroxylation is 1. The van der Waals surface area contributed by atoms with Crippen molar-refractivity contribution in [1.82, 2.24) is 29.7 Å². The number of rotatable bonds is 5. The van der Waals surface area contributed by atoms with Gasteiger partial charge in [0.2, 0.25) is 11.8 Å². The number of halogens is 1. The van der Waals surface area contributed by atoms with Gasteiger partial charge in [0.05, 0.1) is 5.69 Å². The average Bonchev–Trinajstić information content (AvgIpc) is 3.50. The maximum Gasteiger partial charge on any atom is 0.291 e. The van der Waals surface area contributed by atoms with Crippen molar-refractivity contribution in [2.75, 3.05) is 32.8 Å². The SMILES string of the molecule is CCc1nn(-c2noc(C3CCN(C4(C)CCN(C(=O)CO)CC4)CC3)n2)c2c(F)cccc12. The summed E-state index contributed by atoms with van der Waals surface area (Å²) in [7, 11) is 0. The van der Waals surface area contributed by atoms with E-state index in [1.165, 1.54) is 10.7 Å². The molecule has 5 rings (SSSR count). The molecule has 0 unspecified atom stereocenters. The summed E-state index contributed by atoms with van der Waals surface area (Å²) in [5.41, 5.74) is 1.22. The van der Waals surface area contributed by atoms with Crippen LogP contribution in [0.1, 0.15) is 57.0 Å². The zero-order chi connectivity index (χ0) is 23.9. The largest absolute Gasteiger partial charge is 0.387 e. The predicted molar refractivity (Wildman–Crippen MR) is 123 cm³/mol. The maximum absolute atomic E-state index is 14.6. The molecule has 2 aromatic heterocycles. The molecule has 0 aliphatic carbocycles. The molecule has 0 bridgehead atoms. The van der Waals surface area contributed by atoms with Crippen LogP contribution in [0, 0.1) is 5.82 Å². The van der Waals surface area contributed by atoms with Crippen LogP contribution in [-0.4, -0.2) is 79.1 Å². The molecule has 0 saturated carbocycles. The molecule has 0 atom stereocenters. The van der Waals surface area contributed by atoms with E-state index in [1.807, 2.05) is 13.0 Å². The Bertz CT molecular complexity index is 1170. The van der Waals surface area contributed by atoms with Gasteiger partial charge in [-0.05, 0) is 63.3 Å². The lowest BCUT2D eigenvalue weighted by Gasteiger charge is -2.49. The highest BCUT2D eigenvalue weighted by molar-refractivity contribution is 5.83. The average molecular weight is 471 g/mol. The van der Waals surface area contributed by atoms with Gasteiger partial charge in [-0.15, -0.1) is 0 Å². The minimum absolute atomic E-state index is 0.0409. The number of nitrogens with zero attached hydrogens (tertiary/aromatic N) is 6. The molecule has 0 radical (unpaired) electrons. The van der Waals surface area contributed by atoms with E-state index in [4.69, 9.17) is 9.63 Å². The number of likely N-dealkylation sites (tertiary alicyclic amines) is 2. The fourth-order valence-corrected chi connectivity index (χ4v) is 5.39. The van der Waals surface area contributed by atoms with Gasteiger partial charge in [-0.1, -0.05) is 19.1 Å². The van der Waals surface area contributed by atoms with Crippen molar-refractivity contribution >= 4 is 16.8 Å².